The minimum absolute atomic E-state index is 0.182. The number of phenols is 1. The van der Waals surface area contributed by atoms with Gasteiger partial charge in [0.25, 0.3) is 0 Å². The molecule has 1 heterocycles. The van der Waals surface area contributed by atoms with Crippen LogP contribution < -0.4 is 10.5 Å². The Labute approximate surface area is 119 Å². The average molecular weight is 278 g/mol. The lowest BCUT2D eigenvalue weighted by Crippen LogP contribution is -2.36. The van der Waals surface area contributed by atoms with Crippen LogP contribution >= 0.6 is 0 Å². The molecule has 0 bridgehead atoms. The highest BCUT2D eigenvalue weighted by molar-refractivity contribution is 5.81. The van der Waals surface area contributed by atoms with Crippen molar-refractivity contribution in [2.24, 2.45) is 11.1 Å². The van der Waals surface area contributed by atoms with E-state index in [0.29, 0.717) is 25.4 Å². The minimum Gasteiger partial charge on any atom is -0.504 e. The van der Waals surface area contributed by atoms with Gasteiger partial charge in [-0.05, 0) is 32.9 Å². The Kier molecular flexibility index (Phi) is 4.18. The van der Waals surface area contributed by atoms with Crippen LogP contribution in [0.2, 0.25) is 0 Å². The van der Waals surface area contributed by atoms with Gasteiger partial charge in [0.1, 0.15) is 0 Å². The number of nitrogens with zero attached hydrogens (tertiary/aromatic N) is 1. The van der Waals surface area contributed by atoms with E-state index in [4.69, 9.17) is 10.5 Å². The second-order valence-corrected chi connectivity index (χ2v) is 5.58. The molecule has 1 aliphatic heterocycles. The van der Waals surface area contributed by atoms with Gasteiger partial charge in [0.2, 0.25) is 5.91 Å². The van der Waals surface area contributed by atoms with Gasteiger partial charge >= 0.3 is 0 Å². The maximum Gasteiger partial charge on any atom is 0.224 e. The summed E-state index contributed by atoms with van der Waals surface area (Å²) in [5.74, 6) is 0.427. The summed E-state index contributed by atoms with van der Waals surface area (Å²) in [6, 6.07) is 5.49. The van der Waals surface area contributed by atoms with Gasteiger partial charge in [-0.3, -0.25) is 9.69 Å². The van der Waals surface area contributed by atoms with Crippen molar-refractivity contribution in [3.63, 3.8) is 0 Å². The van der Waals surface area contributed by atoms with Crippen molar-refractivity contribution in [3.05, 3.63) is 23.8 Å². The largest absolute Gasteiger partial charge is 0.504 e. The van der Waals surface area contributed by atoms with Crippen molar-refractivity contribution < 1.29 is 14.6 Å². The molecule has 0 aromatic heterocycles. The van der Waals surface area contributed by atoms with Crippen molar-refractivity contribution in [3.8, 4) is 11.5 Å². The number of carbonyl (C=O) groups is 1. The number of hydrogen-bond acceptors (Lipinski definition) is 4. The molecule has 1 aromatic carbocycles. The second-order valence-electron chi connectivity index (χ2n) is 5.58. The molecule has 1 aliphatic rings. The SMILES string of the molecule is CCOc1cccc(CN2CCC(C)(C(N)=O)C2)c1O. The van der Waals surface area contributed by atoms with Crippen LogP contribution in [-0.2, 0) is 11.3 Å². The molecule has 20 heavy (non-hydrogen) atoms. The number of ether oxygens (including phenoxy) is 1. The molecule has 1 amide bonds. The van der Waals surface area contributed by atoms with E-state index in [-0.39, 0.29) is 11.7 Å². The third kappa shape index (κ3) is 2.88. The summed E-state index contributed by atoms with van der Waals surface area (Å²) in [6.07, 6.45) is 0.758. The minimum atomic E-state index is -0.465. The lowest BCUT2D eigenvalue weighted by molar-refractivity contribution is -0.126. The molecule has 5 nitrogen and oxygen atoms in total. The Morgan fingerprint density at radius 2 is 2.30 bits per heavy atom. The van der Waals surface area contributed by atoms with Crippen LogP contribution in [0, 0.1) is 5.41 Å². The molecule has 1 fully saturated rings. The zero-order valence-corrected chi connectivity index (χ0v) is 12.1. The first-order valence-electron chi connectivity index (χ1n) is 6.92. The van der Waals surface area contributed by atoms with Crippen LogP contribution in [-0.4, -0.2) is 35.6 Å². The number of nitrogens with two attached hydrogens (primary N) is 1. The summed E-state index contributed by atoms with van der Waals surface area (Å²) in [7, 11) is 0. The lowest BCUT2D eigenvalue weighted by atomic mass is 9.89. The van der Waals surface area contributed by atoms with Gasteiger partial charge in [-0.15, -0.1) is 0 Å². The molecule has 1 saturated heterocycles. The first kappa shape index (κ1) is 14.7. The maximum absolute atomic E-state index is 11.5. The molecule has 110 valence electrons. The van der Waals surface area contributed by atoms with E-state index < -0.39 is 5.41 Å². The topological polar surface area (TPSA) is 75.8 Å². The van der Waals surface area contributed by atoms with Crippen LogP contribution in [0.15, 0.2) is 18.2 Å². The van der Waals surface area contributed by atoms with Crippen molar-refractivity contribution in [2.75, 3.05) is 19.7 Å². The van der Waals surface area contributed by atoms with E-state index in [0.717, 1.165) is 18.5 Å². The fourth-order valence-electron chi connectivity index (χ4n) is 2.60. The van der Waals surface area contributed by atoms with Gasteiger partial charge in [-0.1, -0.05) is 12.1 Å². The van der Waals surface area contributed by atoms with E-state index in [1.54, 1.807) is 6.07 Å². The Bertz CT molecular complexity index is 504. The van der Waals surface area contributed by atoms with Crippen molar-refractivity contribution in [1.29, 1.82) is 0 Å². The van der Waals surface area contributed by atoms with Crippen LogP contribution in [0.25, 0.3) is 0 Å². The summed E-state index contributed by atoms with van der Waals surface area (Å²) in [4.78, 5) is 13.6. The average Bonchev–Trinajstić information content (AvgIpc) is 2.78. The van der Waals surface area contributed by atoms with Crippen LogP contribution in [0.5, 0.6) is 11.5 Å². The van der Waals surface area contributed by atoms with E-state index >= 15 is 0 Å². The highest BCUT2D eigenvalue weighted by Gasteiger charge is 2.38. The van der Waals surface area contributed by atoms with E-state index in [9.17, 15) is 9.90 Å². The number of amides is 1. The van der Waals surface area contributed by atoms with E-state index in [2.05, 4.69) is 4.90 Å². The number of phenolic OH excluding ortho intramolecular Hbond substituents is 1. The Hall–Kier alpha value is -1.75. The summed E-state index contributed by atoms with van der Waals surface area (Å²) < 4.78 is 5.38. The quantitative estimate of drug-likeness (QED) is 0.855. The molecule has 0 radical (unpaired) electrons. The predicted octanol–water partition coefficient (Wildman–Crippen LogP) is 1.49. The fraction of sp³-hybridized carbons (Fsp3) is 0.533. The summed E-state index contributed by atoms with van der Waals surface area (Å²) >= 11 is 0. The molecular formula is C15H22N2O3. The molecule has 1 atom stereocenters. The number of benzene rings is 1. The van der Waals surface area contributed by atoms with Crippen molar-refractivity contribution >= 4 is 5.91 Å². The number of hydrogen-bond donors (Lipinski definition) is 2. The van der Waals surface area contributed by atoms with E-state index in [1.165, 1.54) is 0 Å². The summed E-state index contributed by atoms with van der Waals surface area (Å²) in [6.45, 7) is 6.31. The zero-order valence-electron chi connectivity index (χ0n) is 12.1. The molecule has 1 unspecified atom stereocenters. The number of rotatable bonds is 5. The molecular weight excluding hydrogens is 256 g/mol. The molecule has 1 aromatic rings. The smallest absolute Gasteiger partial charge is 0.224 e. The van der Waals surface area contributed by atoms with Crippen molar-refractivity contribution in [1.82, 2.24) is 4.90 Å². The number of para-hydroxylation sites is 1. The van der Waals surface area contributed by atoms with E-state index in [1.807, 2.05) is 26.0 Å². The number of aromatic hydroxyl groups is 1. The highest BCUT2D eigenvalue weighted by Crippen LogP contribution is 2.34. The predicted molar refractivity (Wildman–Crippen MR) is 76.5 cm³/mol. The fourth-order valence-corrected chi connectivity index (χ4v) is 2.60. The first-order valence-corrected chi connectivity index (χ1v) is 6.92. The van der Waals surface area contributed by atoms with Crippen LogP contribution in [0.4, 0.5) is 0 Å². The maximum atomic E-state index is 11.5. The molecule has 0 saturated carbocycles. The normalized spacial score (nSPS) is 22.9. The Morgan fingerprint density at radius 3 is 2.90 bits per heavy atom. The summed E-state index contributed by atoms with van der Waals surface area (Å²) in [5, 5.41) is 10.2. The summed E-state index contributed by atoms with van der Waals surface area (Å²) in [5.41, 5.74) is 5.79. The van der Waals surface area contributed by atoms with Crippen LogP contribution in [0.3, 0.4) is 0 Å². The van der Waals surface area contributed by atoms with Gasteiger partial charge < -0.3 is 15.6 Å². The molecule has 5 heteroatoms. The molecule has 2 rings (SSSR count). The standard InChI is InChI=1S/C15H22N2O3/c1-3-20-12-6-4-5-11(13(12)18)9-17-8-7-15(2,10-17)14(16)19/h4-6,18H,3,7-10H2,1-2H3,(H2,16,19). The molecule has 0 aliphatic carbocycles. The number of primary amides is 1. The Morgan fingerprint density at radius 1 is 1.55 bits per heavy atom. The molecule has 3 N–H and O–H groups in total. The van der Waals surface area contributed by atoms with Gasteiger partial charge in [0, 0.05) is 18.7 Å². The Balaban J connectivity index is 2.08. The number of likely N-dealkylation sites (tertiary alicyclic amines) is 1. The van der Waals surface area contributed by atoms with Gasteiger partial charge in [-0.2, -0.15) is 0 Å². The lowest BCUT2D eigenvalue weighted by Gasteiger charge is -2.21. The monoisotopic (exact) mass is 278 g/mol. The third-order valence-electron chi connectivity index (χ3n) is 3.92. The van der Waals surface area contributed by atoms with Gasteiger partial charge in [0.05, 0.1) is 12.0 Å². The first-order chi connectivity index (χ1) is 9.46. The van der Waals surface area contributed by atoms with Crippen molar-refractivity contribution in [2.45, 2.75) is 26.8 Å². The van der Waals surface area contributed by atoms with Gasteiger partial charge in [-0.25, -0.2) is 0 Å². The molecule has 0 spiro atoms. The number of carbonyl (C=O) groups excluding carboxylic acids is 1. The van der Waals surface area contributed by atoms with Crippen LogP contribution in [0.1, 0.15) is 25.8 Å². The van der Waals surface area contributed by atoms with Gasteiger partial charge in [0.15, 0.2) is 11.5 Å². The second kappa shape index (κ2) is 5.71. The zero-order chi connectivity index (χ0) is 14.8. The highest BCUT2D eigenvalue weighted by atomic mass is 16.5. The third-order valence-corrected chi connectivity index (χ3v) is 3.92.